The van der Waals surface area contributed by atoms with Crippen LogP contribution in [0.5, 0.6) is 5.75 Å². The molecule has 2 aromatic rings. The van der Waals surface area contributed by atoms with E-state index in [-0.39, 0.29) is 24.5 Å². The molecule has 0 bridgehead atoms. The van der Waals surface area contributed by atoms with Gasteiger partial charge in [0.05, 0.1) is 12.5 Å². The van der Waals surface area contributed by atoms with Crippen molar-refractivity contribution in [1.82, 2.24) is 16.0 Å². The van der Waals surface area contributed by atoms with E-state index in [9.17, 15) is 39.3 Å². The van der Waals surface area contributed by atoms with Crippen LogP contribution in [0.3, 0.4) is 0 Å². The molecule has 0 aliphatic carbocycles. The summed E-state index contributed by atoms with van der Waals surface area (Å²) < 4.78 is 0. The number of rotatable bonds is 14. The molecule has 0 saturated heterocycles. The molecule has 0 aliphatic heterocycles. The second kappa shape index (κ2) is 14.5. The highest BCUT2D eigenvalue weighted by molar-refractivity contribution is 5.95. The van der Waals surface area contributed by atoms with E-state index in [0.29, 0.717) is 11.1 Å². The highest BCUT2D eigenvalue weighted by Crippen LogP contribution is 2.12. The van der Waals surface area contributed by atoms with E-state index in [1.54, 1.807) is 44.2 Å². The van der Waals surface area contributed by atoms with Crippen LogP contribution in [0.2, 0.25) is 0 Å². The van der Waals surface area contributed by atoms with Crippen LogP contribution in [0.25, 0.3) is 0 Å². The van der Waals surface area contributed by atoms with Crippen molar-refractivity contribution >= 4 is 29.7 Å². The number of amides is 3. The number of carboxylic acid groups (broad SMARTS) is 2. The summed E-state index contributed by atoms with van der Waals surface area (Å²) in [4.78, 5) is 62.1. The lowest BCUT2D eigenvalue weighted by atomic mass is 10.0. The molecule has 39 heavy (non-hydrogen) atoms. The second-order valence-corrected chi connectivity index (χ2v) is 9.45. The summed E-state index contributed by atoms with van der Waals surface area (Å²) in [7, 11) is 0. The molecule has 0 fully saturated rings. The van der Waals surface area contributed by atoms with Gasteiger partial charge in [0.25, 0.3) is 0 Å². The predicted molar refractivity (Wildman–Crippen MR) is 140 cm³/mol. The summed E-state index contributed by atoms with van der Waals surface area (Å²) in [6.45, 7) is 3.47. The summed E-state index contributed by atoms with van der Waals surface area (Å²) in [5.41, 5.74) is 7.10. The zero-order valence-corrected chi connectivity index (χ0v) is 21.7. The van der Waals surface area contributed by atoms with E-state index in [0.717, 1.165) is 0 Å². The largest absolute Gasteiger partial charge is 0.508 e. The maximum Gasteiger partial charge on any atom is 0.326 e. The Morgan fingerprint density at radius 3 is 1.74 bits per heavy atom. The summed E-state index contributed by atoms with van der Waals surface area (Å²) >= 11 is 0. The van der Waals surface area contributed by atoms with E-state index in [4.69, 9.17) is 5.73 Å². The molecule has 12 heteroatoms. The lowest BCUT2D eigenvalue weighted by molar-refractivity contribution is -0.143. The first-order valence-corrected chi connectivity index (χ1v) is 12.3. The summed E-state index contributed by atoms with van der Waals surface area (Å²) in [5.74, 6) is -5.50. The topological polar surface area (TPSA) is 208 Å². The Labute approximate surface area is 225 Å². The van der Waals surface area contributed by atoms with Gasteiger partial charge < -0.3 is 37.0 Å². The third-order valence-electron chi connectivity index (χ3n) is 5.94. The Hall–Kier alpha value is -4.45. The normalized spacial score (nSPS) is 13.9. The fourth-order valence-corrected chi connectivity index (χ4v) is 3.63. The molecule has 2 rings (SSSR count). The number of carboxylic acids is 2. The zero-order valence-electron chi connectivity index (χ0n) is 21.7. The third-order valence-corrected chi connectivity index (χ3v) is 5.94. The van der Waals surface area contributed by atoms with Gasteiger partial charge in [0.1, 0.15) is 23.9 Å². The average molecular weight is 543 g/mol. The Morgan fingerprint density at radius 1 is 0.718 bits per heavy atom. The van der Waals surface area contributed by atoms with Crippen molar-refractivity contribution in [2.75, 3.05) is 0 Å². The molecule has 8 N–H and O–H groups in total. The minimum absolute atomic E-state index is 0.0228. The minimum atomic E-state index is -1.63. The van der Waals surface area contributed by atoms with Crippen LogP contribution in [0.15, 0.2) is 54.6 Å². The number of hydrogen-bond acceptors (Lipinski definition) is 7. The number of aliphatic carboxylic acids is 2. The van der Waals surface area contributed by atoms with E-state index in [1.165, 1.54) is 24.3 Å². The van der Waals surface area contributed by atoms with Crippen LogP contribution >= 0.6 is 0 Å². The van der Waals surface area contributed by atoms with Gasteiger partial charge in [0.2, 0.25) is 17.7 Å². The molecule has 0 spiro atoms. The molecule has 0 heterocycles. The van der Waals surface area contributed by atoms with Gasteiger partial charge in [0.15, 0.2) is 0 Å². The second-order valence-electron chi connectivity index (χ2n) is 9.45. The Kier molecular flexibility index (Phi) is 11.4. The fraction of sp³-hybridized carbons (Fsp3) is 0.370. The Bertz CT molecular complexity index is 1150. The summed E-state index contributed by atoms with van der Waals surface area (Å²) in [5, 5.41) is 35.6. The lowest BCUT2D eigenvalue weighted by Gasteiger charge is -2.25. The molecule has 4 unspecified atom stereocenters. The first-order chi connectivity index (χ1) is 18.4. The Balaban J connectivity index is 2.23. The Morgan fingerprint density at radius 2 is 1.21 bits per heavy atom. The molecule has 4 atom stereocenters. The molecule has 0 aliphatic rings. The molecule has 3 amide bonds. The number of carbonyl (C=O) groups excluding carboxylic acids is 3. The molecule has 12 nitrogen and oxygen atoms in total. The van der Waals surface area contributed by atoms with Crippen molar-refractivity contribution in [3.05, 3.63) is 65.7 Å². The van der Waals surface area contributed by atoms with Crippen LogP contribution in [0.1, 0.15) is 31.4 Å². The van der Waals surface area contributed by atoms with Crippen molar-refractivity contribution in [3.8, 4) is 5.75 Å². The number of benzene rings is 2. The van der Waals surface area contributed by atoms with Gasteiger partial charge in [0, 0.05) is 12.8 Å². The van der Waals surface area contributed by atoms with E-state index >= 15 is 0 Å². The number of nitrogens with one attached hydrogen (secondary N) is 3. The summed E-state index contributed by atoms with van der Waals surface area (Å²) in [6.07, 6.45) is -0.960. The van der Waals surface area contributed by atoms with Gasteiger partial charge in [-0.05, 0) is 29.2 Å². The quantitative estimate of drug-likeness (QED) is 0.173. The molecule has 0 saturated carbocycles. The van der Waals surface area contributed by atoms with Gasteiger partial charge in [-0.3, -0.25) is 19.2 Å². The van der Waals surface area contributed by atoms with Crippen molar-refractivity contribution in [1.29, 1.82) is 0 Å². The highest BCUT2D eigenvalue weighted by atomic mass is 16.4. The predicted octanol–water partition coefficient (Wildman–Crippen LogP) is 0.174. The maximum absolute atomic E-state index is 13.2. The number of nitrogens with two attached hydrogens (primary N) is 1. The number of phenols is 1. The van der Waals surface area contributed by atoms with Gasteiger partial charge in [-0.15, -0.1) is 0 Å². The van der Waals surface area contributed by atoms with E-state index in [2.05, 4.69) is 16.0 Å². The smallest absolute Gasteiger partial charge is 0.326 e. The molecular weight excluding hydrogens is 508 g/mol. The zero-order chi connectivity index (χ0) is 29.1. The molecule has 2 aromatic carbocycles. The third kappa shape index (κ3) is 10.1. The van der Waals surface area contributed by atoms with Gasteiger partial charge in [-0.1, -0.05) is 56.3 Å². The first-order valence-electron chi connectivity index (χ1n) is 12.3. The number of aromatic hydroxyl groups is 1. The van der Waals surface area contributed by atoms with Crippen LogP contribution in [-0.4, -0.2) is 69.1 Å². The minimum Gasteiger partial charge on any atom is -0.508 e. The molecular formula is C27H34N4O8. The number of phenolic OH excluding ortho intramolecular Hbond substituents is 1. The molecule has 0 radical (unpaired) electrons. The maximum atomic E-state index is 13.2. The first kappa shape index (κ1) is 30.8. The van der Waals surface area contributed by atoms with Gasteiger partial charge in [-0.2, -0.15) is 0 Å². The van der Waals surface area contributed by atoms with Crippen molar-refractivity contribution in [3.63, 3.8) is 0 Å². The summed E-state index contributed by atoms with van der Waals surface area (Å²) in [6, 6.07) is 9.21. The van der Waals surface area contributed by atoms with Crippen LogP contribution < -0.4 is 21.7 Å². The lowest BCUT2D eigenvalue weighted by Crippen LogP contribution is -2.58. The van der Waals surface area contributed by atoms with Crippen molar-refractivity contribution in [2.45, 2.75) is 57.3 Å². The number of hydrogen-bond donors (Lipinski definition) is 7. The molecule has 210 valence electrons. The average Bonchev–Trinajstić information content (AvgIpc) is 2.88. The van der Waals surface area contributed by atoms with Crippen molar-refractivity contribution < 1.29 is 39.3 Å². The van der Waals surface area contributed by atoms with Crippen molar-refractivity contribution in [2.24, 2.45) is 11.7 Å². The number of carbonyl (C=O) groups is 5. The SMILES string of the molecule is CC(C)C(N)C(=O)NC(Cc1ccccc1)C(=O)NC(CC(=O)O)C(=O)NC(Cc1ccc(O)cc1)C(=O)O. The van der Waals surface area contributed by atoms with Crippen LogP contribution in [0, 0.1) is 5.92 Å². The molecule has 0 aromatic heterocycles. The van der Waals surface area contributed by atoms with Gasteiger partial charge in [-0.25, -0.2) is 4.79 Å². The van der Waals surface area contributed by atoms with E-state index < -0.39 is 60.2 Å². The monoisotopic (exact) mass is 542 g/mol. The van der Waals surface area contributed by atoms with Crippen LogP contribution in [0.4, 0.5) is 0 Å². The highest BCUT2D eigenvalue weighted by Gasteiger charge is 2.32. The van der Waals surface area contributed by atoms with Crippen LogP contribution in [-0.2, 0) is 36.8 Å². The van der Waals surface area contributed by atoms with E-state index in [1.807, 2.05) is 0 Å². The fourth-order valence-electron chi connectivity index (χ4n) is 3.63. The standard InChI is InChI=1S/C27H34N4O8/c1-15(2)23(28)26(37)30-19(12-16-6-4-3-5-7-16)24(35)29-20(14-22(33)34)25(36)31-21(27(38)39)13-17-8-10-18(32)11-9-17/h3-11,15,19-21,23,32H,12-14,28H2,1-2H3,(H,29,35)(H,30,37)(H,31,36)(H,33,34)(H,38,39). The van der Waals surface area contributed by atoms with Gasteiger partial charge >= 0.3 is 11.9 Å².